The maximum atomic E-state index is 10.4. The van der Waals surface area contributed by atoms with E-state index in [1.807, 2.05) is 0 Å². The van der Waals surface area contributed by atoms with Crippen LogP contribution in [-0.2, 0) is 0 Å². The van der Waals surface area contributed by atoms with E-state index in [1.165, 1.54) is 63.1 Å². The predicted molar refractivity (Wildman–Crippen MR) is 130 cm³/mol. The molecule has 8 atom stereocenters. The van der Waals surface area contributed by atoms with Crippen LogP contribution >= 0.6 is 0 Å². The Kier molecular flexibility index (Phi) is 7.19. The molecule has 0 spiro atoms. The van der Waals surface area contributed by atoms with Crippen molar-refractivity contribution in [3.05, 3.63) is 11.6 Å². The molecule has 30 heavy (non-hydrogen) atoms. The number of hydrogen-bond donors (Lipinski definition) is 1. The zero-order chi connectivity index (χ0) is 21.5. The molecule has 4 rings (SSSR count). The first kappa shape index (κ1) is 23.4. The van der Waals surface area contributed by atoms with Gasteiger partial charge in [-0.2, -0.15) is 0 Å². The number of hydrogen-bond acceptors (Lipinski definition) is 1. The van der Waals surface area contributed by atoms with E-state index in [0.29, 0.717) is 10.8 Å². The van der Waals surface area contributed by atoms with E-state index >= 15 is 0 Å². The van der Waals surface area contributed by atoms with E-state index in [2.05, 4.69) is 39.6 Å². The van der Waals surface area contributed by atoms with Crippen LogP contribution in [0.4, 0.5) is 0 Å². The van der Waals surface area contributed by atoms with Crippen LogP contribution in [0.25, 0.3) is 0 Å². The molecule has 0 heterocycles. The summed E-state index contributed by atoms with van der Waals surface area (Å²) in [7, 11) is 0. The summed E-state index contributed by atoms with van der Waals surface area (Å²) in [5, 5.41) is 11.8. The first-order chi connectivity index (χ1) is 14.3. The van der Waals surface area contributed by atoms with Gasteiger partial charge < -0.3 is 0 Å². The van der Waals surface area contributed by atoms with Crippen LogP contribution in [0, 0.1) is 46.3 Å². The second-order valence-corrected chi connectivity index (χ2v) is 14.2. The van der Waals surface area contributed by atoms with Gasteiger partial charge in [0.1, 0.15) is 0 Å². The second kappa shape index (κ2) is 9.23. The van der Waals surface area contributed by atoms with E-state index in [9.17, 15) is 5.11 Å². The number of rotatable bonds is 7. The zero-order valence-corrected chi connectivity index (χ0v) is 22.2. The average molecular weight is 476 g/mol. The fraction of sp³-hybridized carbons (Fsp3) is 0.929. The molecule has 0 aromatic rings. The normalized spacial score (nSPS) is 44.2. The van der Waals surface area contributed by atoms with Gasteiger partial charge in [-0.1, -0.05) is 13.8 Å². The number of fused-ring (bicyclic) bond motifs is 5. The van der Waals surface area contributed by atoms with E-state index in [1.54, 1.807) is 5.57 Å². The van der Waals surface area contributed by atoms with Crippen molar-refractivity contribution in [2.24, 2.45) is 46.3 Å². The standard InChI is InChI=1S/C28H48OSe/c1-19(2)7-6-8-20(3)24-11-12-25-23-10-9-21-17-22(29)13-16-28(21,18-30-5)26(23)14-15-27(24,25)4/h9,19-20,22-26,29H,6-8,10-18H2,1-5H3/t20-,22+,23+,24-,25+,26+,27-,28-/m1/s1/i30-4. The van der Waals surface area contributed by atoms with Crippen LogP contribution in [0.15, 0.2) is 11.6 Å². The summed E-state index contributed by atoms with van der Waals surface area (Å²) in [5.41, 5.74) is 2.75. The Morgan fingerprint density at radius 3 is 2.60 bits per heavy atom. The van der Waals surface area contributed by atoms with Crippen LogP contribution in [0.1, 0.15) is 98.3 Å². The summed E-state index contributed by atoms with van der Waals surface area (Å²) in [6, 6.07) is 0. The van der Waals surface area contributed by atoms with Gasteiger partial charge in [-0.25, -0.2) is 0 Å². The average Bonchev–Trinajstić information content (AvgIpc) is 3.05. The molecule has 2 heteroatoms. The Morgan fingerprint density at radius 2 is 1.87 bits per heavy atom. The van der Waals surface area contributed by atoms with Crippen molar-refractivity contribution in [1.82, 2.24) is 0 Å². The molecular weight excluding hydrogens is 427 g/mol. The van der Waals surface area contributed by atoms with Gasteiger partial charge in [0, 0.05) is 0 Å². The molecule has 4 aliphatic rings. The van der Waals surface area contributed by atoms with Gasteiger partial charge in [0.2, 0.25) is 0 Å². The first-order valence-electron chi connectivity index (χ1n) is 13.2. The zero-order valence-electron chi connectivity index (χ0n) is 20.5. The van der Waals surface area contributed by atoms with Crippen molar-refractivity contribution in [2.75, 3.05) is 0 Å². The topological polar surface area (TPSA) is 20.2 Å². The molecule has 0 aromatic heterocycles. The van der Waals surface area contributed by atoms with Gasteiger partial charge in [0.15, 0.2) is 0 Å². The molecule has 0 aromatic carbocycles. The third-order valence-electron chi connectivity index (χ3n) is 10.4. The molecule has 0 amide bonds. The van der Waals surface area contributed by atoms with Crippen LogP contribution in [0.5, 0.6) is 0 Å². The van der Waals surface area contributed by atoms with Gasteiger partial charge in [0.25, 0.3) is 0 Å². The molecule has 0 bridgehead atoms. The SMILES string of the molecule is C[75Se]C[C@]12CC[C@H](O)CC1=CC[C@@H]1[C@@H]2CC[C@]2(C)[C@@H]([C@H](C)CCCC(C)C)CC[C@@H]12. The Morgan fingerprint density at radius 1 is 1.07 bits per heavy atom. The Hall–Kier alpha value is 0.219. The van der Waals surface area contributed by atoms with Crippen molar-refractivity contribution in [1.29, 1.82) is 0 Å². The fourth-order valence-electron chi connectivity index (χ4n) is 8.99. The quantitative estimate of drug-likeness (QED) is 0.298. The van der Waals surface area contributed by atoms with Crippen LogP contribution in [0.3, 0.4) is 0 Å². The van der Waals surface area contributed by atoms with E-state index in [4.69, 9.17) is 0 Å². The summed E-state index contributed by atoms with van der Waals surface area (Å²) in [6.07, 6.45) is 17.4. The monoisotopic (exact) mass is 475 g/mol. The van der Waals surface area contributed by atoms with Crippen molar-refractivity contribution in [3.8, 4) is 0 Å². The summed E-state index contributed by atoms with van der Waals surface area (Å²) in [6.45, 7) is 10.1. The molecule has 3 fully saturated rings. The van der Waals surface area contributed by atoms with Gasteiger partial charge in [-0.3, -0.25) is 0 Å². The Labute approximate surface area is 193 Å². The van der Waals surface area contributed by atoms with Crippen LogP contribution in [-0.4, -0.2) is 26.2 Å². The summed E-state index contributed by atoms with van der Waals surface area (Å²) in [4.78, 5) is 0. The second-order valence-electron chi connectivity index (χ2n) is 12.4. The van der Waals surface area contributed by atoms with Crippen LogP contribution in [0.2, 0.25) is 11.1 Å². The third-order valence-corrected chi connectivity index (χ3v) is 12.1. The molecule has 3 saturated carbocycles. The molecule has 4 aliphatic carbocycles. The number of allylic oxidation sites excluding steroid dienone is 1. The van der Waals surface area contributed by atoms with Gasteiger partial charge >= 0.3 is 180 Å². The predicted octanol–water partition coefficient (Wildman–Crippen LogP) is 7.54. The Bertz CT molecular complexity index is 626. The molecule has 0 aliphatic heterocycles. The molecule has 1 N–H and O–H groups in total. The van der Waals surface area contributed by atoms with E-state index < -0.39 is 0 Å². The fourth-order valence-corrected chi connectivity index (χ4v) is 11.2. The van der Waals surface area contributed by atoms with E-state index in [0.717, 1.165) is 63.3 Å². The van der Waals surface area contributed by atoms with Crippen molar-refractivity contribution in [2.45, 2.75) is 116 Å². The van der Waals surface area contributed by atoms with Crippen molar-refractivity contribution in [3.63, 3.8) is 0 Å². The van der Waals surface area contributed by atoms with Crippen LogP contribution < -0.4 is 0 Å². The number of aliphatic hydroxyl groups is 1. The Balaban J connectivity index is 1.53. The number of aliphatic hydroxyl groups excluding tert-OH is 1. The molecular formula is C28H48OSe. The van der Waals surface area contributed by atoms with Crippen molar-refractivity contribution < 1.29 is 5.11 Å². The van der Waals surface area contributed by atoms with Gasteiger partial charge in [0.05, 0.1) is 0 Å². The first-order valence-corrected chi connectivity index (χ1v) is 16.1. The third kappa shape index (κ3) is 4.01. The summed E-state index contributed by atoms with van der Waals surface area (Å²) < 4.78 is 0. The molecule has 1 nitrogen and oxygen atoms in total. The summed E-state index contributed by atoms with van der Waals surface area (Å²) >= 11 is 0.729. The van der Waals surface area contributed by atoms with Gasteiger partial charge in [-0.15, -0.1) is 0 Å². The summed E-state index contributed by atoms with van der Waals surface area (Å²) in [5.74, 6) is 7.97. The molecule has 0 saturated heterocycles. The molecule has 172 valence electrons. The molecule has 0 radical (unpaired) electrons. The maximum absolute atomic E-state index is 10.4. The van der Waals surface area contributed by atoms with Gasteiger partial charge in [-0.05, 0) is 0 Å². The minimum atomic E-state index is -0.0679. The van der Waals surface area contributed by atoms with Crippen molar-refractivity contribution >= 4 is 15.0 Å². The minimum absolute atomic E-state index is 0.0679. The molecule has 0 unspecified atom stereocenters. The van der Waals surface area contributed by atoms with E-state index in [-0.39, 0.29) is 6.10 Å².